The van der Waals surface area contributed by atoms with Crippen molar-refractivity contribution in [1.82, 2.24) is 4.90 Å². The number of amides is 1. The number of carbonyl (C=O) groups excluding carboxylic acids is 1. The van der Waals surface area contributed by atoms with Gasteiger partial charge in [-0.2, -0.15) is 0 Å². The summed E-state index contributed by atoms with van der Waals surface area (Å²) >= 11 is 0. The van der Waals surface area contributed by atoms with Crippen molar-refractivity contribution >= 4 is 27.8 Å². The van der Waals surface area contributed by atoms with Crippen molar-refractivity contribution in [3.8, 4) is 0 Å². The van der Waals surface area contributed by atoms with Gasteiger partial charge in [0.05, 0.1) is 6.26 Å². The summed E-state index contributed by atoms with van der Waals surface area (Å²) in [7, 11) is 0. The number of hydrogen-bond acceptors (Lipinski definition) is 3. The molecule has 0 aliphatic carbocycles. The smallest absolute Gasteiger partial charge is 0.289 e. The molecule has 0 N–H and O–H groups in total. The molecular formula is C17H17NO3. The highest BCUT2D eigenvalue weighted by atomic mass is 16.4. The average molecular weight is 283 g/mol. The Morgan fingerprint density at radius 1 is 1.10 bits per heavy atom. The number of hydrogen-bond donors (Lipinski definition) is 0. The highest BCUT2D eigenvalue weighted by Gasteiger charge is 2.25. The standard InChI is InChI=1S/C17H17NO3/c1-10-9-20-14-8-15-13(7-12(10)14)11(2)16(21-15)17(19)18-5-3-4-6-18/h7-9H,3-6H2,1-2H3. The molecule has 1 aliphatic heterocycles. The Morgan fingerprint density at radius 3 is 2.62 bits per heavy atom. The van der Waals surface area contributed by atoms with Gasteiger partial charge in [0.1, 0.15) is 11.2 Å². The molecule has 3 aromatic rings. The van der Waals surface area contributed by atoms with Crippen LogP contribution in [0.2, 0.25) is 0 Å². The molecule has 108 valence electrons. The summed E-state index contributed by atoms with van der Waals surface area (Å²) in [5, 5.41) is 2.07. The van der Waals surface area contributed by atoms with Crippen LogP contribution >= 0.6 is 0 Å². The summed E-state index contributed by atoms with van der Waals surface area (Å²) in [6.45, 7) is 5.63. The van der Waals surface area contributed by atoms with Crippen molar-refractivity contribution in [2.75, 3.05) is 13.1 Å². The van der Waals surface area contributed by atoms with Gasteiger partial charge in [0.2, 0.25) is 0 Å². The van der Waals surface area contributed by atoms with Crippen molar-refractivity contribution in [1.29, 1.82) is 0 Å². The number of fused-ring (bicyclic) bond motifs is 2. The average Bonchev–Trinajstić information content (AvgIpc) is 3.18. The van der Waals surface area contributed by atoms with Crippen molar-refractivity contribution in [3.63, 3.8) is 0 Å². The molecule has 1 aliphatic rings. The second-order valence-electron chi connectivity index (χ2n) is 5.82. The van der Waals surface area contributed by atoms with E-state index in [-0.39, 0.29) is 5.91 Å². The van der Waals surface area contributed by atoms with Crippen LogP contribution in [0.25, 0.3) is 21.9 Å². The first-order valence-corrected chi connectivity index (χ1v) is 7.35. The monoisotopic (exact) mass is 283 g/mol. The number of aryl methyl sites for hydroxylation is 2. The van der Waals surface area contributed by atoms with Gasteiger partial charge in [0.15, 0.2) is 5.76 Å². The van der Waals surface area contributed by atoms with Crippen molar-refractivity contribution < 1.29 is 13.6 Å². The maximum absolute atomic E-state index is 12.5. The van der Waals surface area contributed by atoms with Crippen LogP contribution in [0.1, 0.15) is 34.5 Å². The first-order chi connectivity index (χ1) is 10.1. The molecule has 1 saturated heterocycles. The van der Waals surface area contributed by atoms with E-state index in [0.717, 1.165) is 59.0 Å². The number of likely N-dealkylation sites (tertiary alicyclic amines) is 1. The lowest BCUT2D eigenvalue weighted by Crippen LogP contribution is -2.27. The highest BCUT2D eigenvalue weighted by Crippen LogP contribution is 2.32. The Kier molecular flexibility index (Phi) is 2.61. The van der Waals surface area contributed by atoms with Crippen LogP contribution in [0.4, 0.5) is 0 Å². The zero-order valence-corrected chi connectivity index (χ0v) is 12.2. The molecule has 1 fully saturated rings. The zero-order valence-electron chi connectivity index (χ0n) is 12.2. The lowest BCUT2D eigenvalue weighted by Gasteiger charge is -2.13. The lowest BCUT2D eigenvalue weighted by atomic mass is 10.1. The molecule has 0 bridgehead atoms. The zero-order chi connectivity index (χ0) is 14.6. The number of furan rings is 2. The quantitative estimate of drug-likeness (QED) is 0.677. The molecule has 0 spiro atoms. The summed E-state index contributed by atoms with van der Waals surface area (Å²) < 4.78 is 11.4. The predicted molar refractivity (Wildman–Crippen MR) is 80.6 cm³/mol. The van der Waals surface area contributed by atoms with Gasteiger partial charge in [-0.25, -0.2) is 0 Å². The second kappa shape index (κ2) is 4.38. The van der Waals surface area contributed by atoms with E-state index in [1.54, 1.807) is 6.26 Å². The van der Waals surface area contributed by atoms with Crippen LogP contribution in [0.15, 0.2) is 27.2 Å². The van der Waals surface area contributed by atoms with E-state index in [1.165, 1.54) is 0 Å². The molecule has 0 unspecified atom stereocenters. The number of benzene rings is 1. The summed E-state index contributed by atoms with van der Waals surface area (Å²) in [6.07, 6.45) is 3.91. The van der Waals surface area contributed by atoms with Gasteiger partial charge in [-0.05, 0) is 38.3 Å². The van der Waals surface area contributed by atoms with Crippen LogP contribution in [-0.2, 0) is 0 Å². The number of nitrogens with zero attached hydrogens (tertiary/aromatic N) is 1. The molecule has 0 radical (unpaired) electrons. The maximum atomic E-state index is 12.5. The SMILES string of the molecule is Cc1coc2cc3oc(C(=O)N4CCCC4)c(C)c3cc12. The molecule has 0 saturated carbocycles. The Labute approximate surface area is 122 Å². The van der Waals surface area contributed by atoms with Crippen LogP contribution in [0.3, 0.4) is 0 Å². The molecule has 2 aromatic heterocycles. The van der Waals surface area contributed by atoms with Gasteiger partial charge in [0.25, 0.3) is 5.91 Å². The molecular weight excluding hydrogens is 266 g/mol. The summed E-state index contributed by atoms with van der Waals surface area (Å²) in [5.74, 6) is 0.478. The molecule has 4 heteroatoms. The van der Waals surface area contributed by atoms with Crippen molar-refractivity contribution in [2.24, 2.45) is 0 Å². The van der Waals surface area contributed by atoms with Gasteiger partial charge in [-0.1, -0.05) is 0 Å². The van der Waals surface area contributed by atoms with E-state index < -0.39 is 0 Å². The first-order valence-electron chi connectivity index (χ1n) is 7.35. The van der Waals surface area contributed by atoms with Gasteiger partial charge in [-0.15, -0.1) is 0 Å². The lowest BCUT2D eigenvalue weighted by molar-refractivity contribution is 0.0762. The third-order valence-electron chi connectivity index (χ3n) is 4.41. The van der Waals surface area contributed by atoms with Crippen molar-refractivity contribution in [3.05, 3.63) is 35.3 Å². The van der Waals surface area contributed by atoms with Gasteiger partial charge in [-0.3, -0.25) is 4.79 Å². The molecule has 1 amide bonds. The van der Waals surface area contributed by atoms with E-state index in [0.29, 0.717) is 5.76 Å². The highest BCUT2D eigenvalue weighted by molar-refractivity contribution is 6.03. The third kappa shape index (κ3) is 1.78. The second-order valence-corrected chi connectivity index (χ2v) is 5.82. The van der Waals surface area contributed by atoms with Crippen LogP contribution in [0.5, 0.6) is 0 Å². The Bertz CT molecular complexity index is 850. The third-order valence-corrected chi connectivity index (χ3v) is 4.41. The fourth-order valence-corrected chi connectivity index (χ4v) is 3.14. The largest absolute Gasteiger partial charge is 0.464 e. The maximum Gasteiger partial charge on any atom is 0.289 e. The summed E-state index contributed by atoms with van der Waals surface area (Å²) in [5.41, 5.74) is 3.54. The van der Waals surface area contributed by atoms with Crippen molar-refractivity contribution in [2.45, 2.75) is 26.7 Å². The van der Waals surface area contributed by atoms with E-state index in [1.807, 2.05) is 24.8 Å². The minimum absolute atomic E-state index is 0.00884. The normalized spacial score (nSPS) is 15.4. The molecule has 4 rings (SSSR count). The number of carbonyl (C=O) groups is 1. The minimum atomic E-state index is 0.00884. The molecule has 0 atom stereocenters. The van der Waals surface area contributed by atoms with E-state index >= 15 is 0 Å². The minimum Gasteiger partial charge on any atom is -0.464 e. The van der Waals surface area contributed by atoms with Gasteiger partial charge in [0, 0.05) is 35.5 Å². The molecule has 1 aromatic carbocycles. The summed E-state index contributed by atoms with van der Waals surface area (Å²) in [4.78, 5) is 14.4. The fraction of sp³-hybridized carbons (Fsp3) is 0.353. The summed E-state index contributed by atoms with van der Waals surface area (Å²) in [6, 6.07) is 3.94. The number of rotatable bonds is 1. The van der Waals surface area contributed by atoms with E-state index in [4.69, 9.17) is 8.83 Å². The first kappa shape index (κ1) is 12.5. The van der Waals surface area contributed by atoms with E-state index in [2.05, 4.69) is 6.07 Å². The predicted octanol–water partition coefficient (Wildman–Crippen LogP) is 4.03. The Balaban J connectivity index is 1.88. The van der Waals surface area contributed by atoms with Crippen LogP contribution in [-0.4, -0.2) is 23.9 Å². The molecule has 21 heavy (non-hydrogen) atoms. The topological polar surface area (TPSA) is 46.6 Å². The fourth-order valence-electron chi connectivity index (χ4n) is 3.14. The Morgan fingerprint density at radius 2 is 1.86 bits per heavy atom. The molecule has 3 heterocycles. The Hall–Kier alpha value is -2.23. The molecule has 4 nitrogen and oxygen atoms in total. The van der Waals surface area contributed by atoms with Crippen LogP contribution in [0, 0.1) is 13.8 Å². The van der Waals surface area contributed by atoms with Gasteiger partial charge >= 0.3 is 0 Å². The van der Waals surface area contributed by atoms with Crippen LogP contribution < -0.4 is 0 Å². The van der Waals surface area contributed by atoms with E-state index in [9.17, 15) is 4.79 Å². The van der Waals surface area contributed by atoms with Gasteiger partial charge < -0.3 is 13.7 Å².